The van der Waals surface area contributed by atoms with E-state index in [-0.39, 0.29) is 12.0 Å². The Labute approximate surface area is 103 Å². The Morgan fingerprint density at radius 1 is 1.47 bits per heavy atom. The normalized spacial score (nSPS) is 20.2. The molecule has 0 radical (unpaired) electrons. The minimum atomic E-state index is -0.233. The van der Waals surface area contributed by atoms with Gasteiger partial charge < -0.3 is 19.7 Å². The third-order valence-electron chi connectivity index (χ3n) is 3.21. The molecule has 0 bridgehead atoms. The van der Waals surface area contributed by atoms with Crippen LogP contribution in [0.4, 0.5) is 0 Å². The largest absolute Gasteiger partial charge is 0.468 e. The topological polar surface area (TPSA) is 50.8 Å². The van der Waals surface area contributed by atoms with Crippen LogP contribution in [0.5, 0.6) is 0 Å². The molecule has 0 saturated carbocycles. The molecule has 100 valence electrons. The zero-order valence-corrected chi connectivity index (χ0v) is 11.1. The van der Waals surface area contributed by atoms with E-state index >= 15 is 0 Å². The zero-order valence-electron chi connectivity index (χ0n) is 11.1. The van der Waals surface area contributed by atoms with Gasteiger partial charge in [-0.1, -0.05) is 0 Å². The molecule has 0 aromatic rings. The lowest BCUT2D eigenvalue weighted by molar-refractivity contribution is -0.143. The van der Waals surface area contributed by atoms with Gasteiger partial charge in [-0.25, -0.2) is 0 Å². The fourth-order valence-corrected chi connectivity index (χ4v) is 2.18. The van der Waals surface area contributed by atoms with E-state index in [1.807, 2.05) is 6.92 Å². The molecule has 1 fully saturated rings. The molecule has 1 atom stereocenters. The van der Waals surface area contributed by atoms with Crippen molar-refractivity contribution in [1.82, 2.24) is 10.2 Å². The molecule has 0 aliphatic carbocycles. The fourth-order valence-electron chi connectivity index (χ4n) is 2.18. The maximum atomic E-state index is 11.4. The first-order valence-electron chi connectivity index (χ1n) is 6.30. The summed E-state index contributed by atoms with van der Waals surface area (Å²) in [5.41, 5.74) is 0. The molecule has 1 aliphatic rings. The number of ether oxygens (including phenoxy) is 2. The second-order valence-corrected chi connectivity index (χ2v) is 4.32. The van der Waals surface area contributed by atoms with Crippen molar-refractivity contribution < 1.29 is 14.3 Å². The van der Waals surface area contributed by atoms with E-state index in [0.717, 1.165) is 32.5 Å². The van der Waals surface area contributed by atoms with Crippen molar-refractivity contribution in [3.8, 4) is 0 Å². The highest BCUT2D eigenvalue weighted by Gasteiger charge is 2.24. The number of piperidine rings is 1. The minimum Gasteiger partial charge on any atom is -0.468 e. The van der Waals surface area contributed by atoms with Crippen LogP contribution in [0.25, 0.3) is 0 Å². The molecule has 1 rings (SSSR count). The van der Waals surface area contributed by atoms with Crippen LogP contribution in [-0.2, 0) is 14.3 Å². The summed E-state index contributed by atoms with van der Waals surface area (Å²) < 4.78 is 10.3. The summed E-state index contributed by atoms with van der Waals surface area (Å²) in [6.45, 7) is 5.49. The van der Waals surface area contributed by atoms with Gasteiger partial charge in [0.1, 0.15) is 6.04 Å². The maximum absolute atomic E-state index is 11.4. The van der Waals surface area contributed by atoms with Crippen LogP contribution in [0.3, 0.4) is 0 Å². The number of rotatable bonds is 6. The second-order valence-electron chi connectivity index (χ2n) is 4.32. The number of likely N-dealkylation sites (N-methyl/N-ethyl adjacent to an activating group) is 1. The molecule has 5 nitrogen and oxygen atoms in total. The second kappa shape index (κ2) is 7.63. The number of nitrogens with one attached hydrogen (secondary N) is 1. The summed E-state index contributed by atoms with van der Waals surface area (Å²) in [5, 5.41) is 2.99. The Morgan fingerprint density at radius 2 is 2.12 bits per heavy atom. The van der Waals surface area contributed by atoms with E-state index in [1.165, 1.54) is 7.11 Å². The molecular weight excluding hydrogens is 220 g/mol. The summed E-state index contributed by atoms with van der Waals surface area (Å²) >= 11 is 0. The first-order valence-corrected chi connectivity index (χ1v) is 6.30. The number of methoxy groups -OCH3 is 1. The molecule has 0 aromatic carbocycles. The van der Waals surface area contributed by atoms with Crippen LogP contribution >= 0.6 is 0 Å². The van der Waals surface area contributed by atoms with Crippen molar-refractivity contribution in [2.45, 2.75) is 31.9 Å². The van der Waals surface area contributed by atoms with Gasteiger partial charge in [0, 0.05) is 26.2 Å². The molecule has 0 amide bonds. The quantitative estimate of drug-likeness (QED) is 0.679. The Morgan fingerprint density at radius 3 is 2.59 bits per heavy atom. The molecule has 1 heterocycles. The molecule has 17 heavy (non-hydrogen) atoms. The third-order valence-corrected chi connectivity index (χ3v) is 3.21. The molecule has 1 aliphatic heterocycles. The Bertz CT molecular complexity index is 228. The van der Waals surface area contributed by atoms with Crippen LogP contribution in [0.1, 0.15) is 19.8 Å². The van der Waals surface area contributed by atoms with Gasteiger partial charge in [-0.3, -0.25) is 4.79 Å². The predicted molar refractivity (Wildman–Crippen MR) is 66.0 cm³/mol. The summed E-state index contributed by atoms with van der Waals surface area (Å²) in [7, 11) is 3.21. The van der Waals surface area contributed by atoms with Gasteiger partial charge in [0.2, 0.25) is 0 Å². The summed E-state index contributed by atoms with van der Waals surface area (Å²) in [6.07, 6.45) is 2.49. The average Bonchev–Trinajstić information content (AvgIpc) is 2.37. The third kappa shape index (κ3) is 4.61. The number of hydrogen-bond donors (Lipinski definition) is 1. The smallest absolute Gasteiger partial charge is 0.324 e. The zero-order chi connectivity index (χ0) is 12.7. The molecule has 5 heteroatoms. The summed E-state index contributed by atoms with van der Waals surface area (Å²) in [6, 6.07) is -0.233. The van der Waals surface area contributed by atoms with Crippen LogP contribution in [0, 0.1) is 0 Å². The van der Waals surface area contributed by atoms with Gasteiger partial charge in [0.25, 0.3) is 0 Å². The van der Waals surface area contributed by atoms with Crippen molar-refractivity contribution >= 4 is 5.97 Å². The molecule has 1 N–H and O–H groups in total. The predicted octanol–water partition coefficient (Wildman–Crippen LogP) is 0.248. The Balaban J connectivity index is 2.31. The van der Waals surface area contributed by atoms with E-state index in [4.69, 9.17) is 9.47 Å². The first kappa shape index (κ1) is 14.4. The van der Waals surface area contributed by atoms with Gasteiger partial charge in [-0.15, -0.1) is 0 Å². The molecule has 1 unspecified atom stereocenters. The highest BCUT2D eigenvalue weighted by atomic mass is 16.5. The van der Waals surface area contributed by atoms with Gasteiger partial charge >= 0.3 is 5.97 Å². The lowest BCUT2D eigenvalue weighted by Crippen LogP contribution is -2.48. The number of hydrogen-bond acceptors (Lipinski definition) is 5. The number of likely N-dealkylation sites (tertiary alicyclic amines) is 1. The van der Waals surface area contributed by atoms with Crippen LogP contribution in [0.2, 0.25) is 0 Å². The number of nitrogens with zero attached hydrogens (tertiary/aromatic N) is 1. The average molecular weight is 244 g/mol. The molecule has 0 spiro atoms. The van der Waals surface area contributed by atoms with Gasteiger partial charge in [0.15, 0.2) is 0 Å². The van der Waals surface area contributed by atoms with Crippen LogP contribution in [-0.4, -0.2) is 63.4 Å². The van der Waals surface area contributed by atoms with Crippen molar-refractivity contribution in [3.05, 3.63) is 0 Å². The van der Waals surface area contributed by atoms with Crippen molar-refractivity contribution in [2.24, 2.45) is 0 Å². The van der Waals surface area contributed by atoms with E-state index < -0.39 is 0 Å². The van der Waals surface area contributed by atoms with Crippen LogP contribution in [0.15, 0.2) is 0 Å². The van der Waals surface area contributed by atoms with E-state index in [1.54, 1.807) is 7.05 Å². The lowest BCUT2D eigenvalue weighted by atomic mass is 10.1. The van der Waals surface area contributed by atoms with Crippen molar-refractivity contribution in [3.63, 3.8) is 0 Å². The van der Waals surface area contributed by atoms with E-state index in [9.17, 15) is 4.79 Å². The van der Waals surface area contributed by atoms with Gasteiger partial charge in [0.05, 0.1) is 13.2 Å². The standard InChI is InChI=1S/C12H24N2O3/c1-4-17-10-5-7-14(8-6-10)9-11(13-2)12(15)16-3/h10-11,13H,4-9H2,1-3H3. The number of carbonyl (C=O) groups is 1. The molecular formula is C12H24N2O3. The first-order chi connectivity index (χ1) is 8.21. The SMILES string of the molecule is CCOC1CCN(CC(NC)C(=O)OC)CC1. The highest BCUT2D eigenvalue weighted by Crippen LogP contribution is 2.13. The lowest BCUT2D eigenvalue weighted by Gasteiger charge is -2.33. The van der Waals surface area contributed by atoms with E-state index in [0.29, 0.717) is 12.6 Å². The fraction of sp³-hybridized carbons (Fsp3) is 0.917. The van der Waals surface area contributed by atoms with Crippen LogP contribution < -0.4 is 5.32 Å². The number of esters is 1. The molecule has 0 aromatic heterocycles. The van der Waals surface area contributed by atoms with Crippen molar-refractivity contribution in [1.29, 1.82) is 0 Å². The van der Waals surface area contributed by atoms with Gasteiger partial charge in [-0.2, -0.15) is 0 Å². The van der Waals surface area contributed by atoms with Crippen molar-refractivity contribution in [2.75, 3.05) is 40.4 Å². The summed E-state index contributed by atoms with van der Waals surface area (Å²) in [4.78, 5) is 13.7. The summed E-state index contributed by atoms with van der Waals surface area (Å²) in [5.74, 6) is -0.195. The highest BCUT2D eigenvalue weighted by molar-refractivity contribution is 5.75. The van der Waals surface area contributed by atoms with E-state index in [2.05, 4.69) is 10.2 Å². The Hall–Kier alpha value is -0.650. The number of carbonyl (C=O) groups excluding carboxylic acids is 1. The Kier molecular flexibility index (Phi) is 6.47. The minimum absolute atomic E-state index is 0.195. The maximum Gasteiger partial charge on any atom is 0.324 e. The van der Waals surface area contributed by atoms with Gasteiger partial charge in [-0.05, 0) is 26.8 Å². The molecule has 1 saturated heterocycles. The monoisotopic (exact) mass is 244 g/mol.